The highest BCUT2D eigenvalue weighted by Crippen LogP contribution is 2.27. The minimum absolute atomic E-state index is 0.700. The van der Waals surface area contributed by atoms with E-state index in [0.717, 1.165) is 59.0 Å². The van der Waals surface area contributed by atoms with Gasteiger partial charge in [0.05, 0.1) is 18.1 Å². The molecule has 2 aromatic heterocycles. The number of hydrogen-bond acceptors (Lipinski definition) is 6. The standard InChI is InChI=1S/C16H22N6O/c1-10-8-12(23-3)9-13-14(10)19-15(18-7-5-4-6-17)16-21-20-11(2)22(13)16/h8-9H,4-7,17H2,1-3H3,(H,18,19). The topological polar surface area (TPSA) is 90.4 Å². The molecule has 0 aliphatic heterocycles. The van der Waals surface area contributed by atoms with E-state index in [9.17, 15) is 0 Å². The van der Waals surface area contributed by atoms with Crippen LogP contribution in [0.15, 0.2) is 12.1 Å². The van der Waals surface area contributed by atoms with Crippen LogP contribution in [0, 0.1) is 13.8 Å². The SMILES string of the molecule is COc1cc(C)c2nc(NCCCCN)c3nnc(C)n3c2c1. The summed E-state index contributed by atoms with van der Waals surface area (Å²) in [5.41, 5.74) is 9.20. The van der Waals surface area contributed by atoms with Crippen LogP contribution in [0.25, 0.3) is 16.7 Å². The number of nitrogens with zero attached hydrogens (tertiary/aromatic N) is 4. The minimum Gasteiger partial charge on any atom is -0.497 e. The van der Waals surface area contributed by atoms with Crippen molar-refractivity contribution in [2.75, 3.05) is 25.5 Å². The Bertz CT molecular complexity index is 842. The van der Waals surface area contributed by atoms with Crippen LogP contribution in [-0.4, -0.2) is 39.8 Å². The summed E-state index contributed by atoms with van der Waals surface area (Å²) < 4.78 is 7.40. The third-order valence-electron chi connectivity index (χ3n) is 3.91. The molecule has 122 valence electrons. The van der Waals surface area contributed by atoms with Crippen LogP contribution in [-0.2, 0) is 0 Å². The van der Waals surface area contributed by atoms with E-state index in [4.69, 9.17) is 15.5 Å². The Hall–Kier alpha value is -2.41. The Balaban J connectivity index is 2.15. The van der Waals surface area contributed by atoms with Crippen LogP contribution in [0.4, 0.5) is 5.82 Å². The summed E-state index contributed by atoms with van der Waals surface area (Å²) in [7, 11) is 1.66. The summed E-state index contributed by atoms with van der Waals surface area (Å²) in [4.78, 5) is 4.77. The second-order valence-electron chi connectivity index (χ2n) is 5.60. The molecule has 7 nitrogen and oxygen atoms in total. The van der Waals surface area contributed by atoms with E-state index in [1.807, 2.05) is 30.4 Å². The molecule has 7 heteroatoms. The fourth-order valence-corrected chi connectivity index (χ4v) is 2.72. The van der Waals surface area contributed by atoms with Crippen LogP contribution in [0.2, 0.25) is 0 Å². The highest BCUT2D eigenvalue weighted by Gasteiger charge is 2.15. The largest absolute Gasteiger partial charge is 0.497 e. The van der Waals surface area contributed by atoms with Crippen molar-refractivity contribution in [1.82, 2.24) is 19.6 Å². The third-order valence-corrected chi connectivity index (χ3v) is 3.91. The summed E-state index contributed by atoms with van der Waals surface area (Å²) in [5, 5.41) is 11.8. The maximum Gasteiger partial charge on any atom is 0.204 e. The van der Waals surface area contributed by atoms with E-state index in [-0.39, 0.29) is 0 Å². The molecule has 0 amide bonds. The lowest BCUT2D eigenvalue weighted by molar-refractivity contribution is 0.415. The molecule has 0 aliphatic rings. The molecule has 0 fully saturated rings. The molecule has 0 atom stereocenters. The average Bonchev–Trinajstić information content (AvgIpc) is 2.94. The van der Waals surface area contributed by atoms with Crippen LogP contribution in [0.5, 0.6) is 5.75 Å². The van der Waals surface area contributed by atoms with Gasteiger partial charge in [0.1, 0.15) is 11.6 Å². The lowest BCUT2D eigenvalue weighted by Crippen LogP contribution is -2.09. The zero-order chi connectivity index (χ0) is 16.4. The number of rotatable bonds is 6. The molecule has 0 radical (unpaired) electrons. The van der Waals surface area contributed by atoms with Crippen molar-refractivity contribution in [2.45, 2.75) is 26.7 Å². The van der Waals surface area contributed by atoms with Crippen molar-refractivity contribution < 1.29 is 4.74 Å². The number of hydrogen-bond donors (Lipinski definition) is 2. The molecular formula is C16H22N6O. The fraction of sp³-hybridized carbons (Fsp3) is 0.438. The van der Waals surface area contributed by atoms with Crippen LogP contribution < -0.4 is 15.8 Å². The van der Waals surface area contributed by atoms with Crippen LogP contribution >= 0.6 is 0 Å². The zero-order valence-electron chi connectivity index (χ0n) is 13.8. The monoisotopic (exact) mass is 314 g/mol. The van der Waals surface area contributed by atoms with Gasteiger partial charge in [-0.15, -0.1) is 10.2 Å². The third kappa shape index (κ3) is 2.79. The Kier molecular flexibility index (Phi) is 4.29. The van der Waals surface area contributed by atoms with Gasteiger partial charge in [-0.25, -0.2) is 4.98 Å². The predicted octanol–water partition coefficient (Wildman–Crippen LogP) is 2.05. The van der Waals surface area contributed by atoms with E-state index in [2.05, 4.69) is 15.5 Å². The lowest BCUT2D eigenvalue weighted by Gasteiger charge is -2.12. The maximum absolute atomic E-state index is 5.54. The number of fused-ring (bicyclic) bond motifs is 3. The van der Waals surface area contributed by atoms with Crippen molar-refractivity contribution in [3.8, 4) is 5.75 Å². The van der Waals surface area contributed by atoms with Gasteiger partial charge in [-0.05, 0) is 44.9 Å². The Labute approximate surface area is 134 Å². The minimum atomic E-state index is 0.700. The highest BCUT2D eigenvalue weighted by molar-refractivity contribution is 5.86. The van der Waals surface area contributed by atoms with Gasteiger partial charge < -0.3 is 15.8 Å². The van der Waals surface area contributed by atoms with Gasteiger partial charge in [0.25, 0.3) is 0 Å². The van der Waals surface area contributed by atoms with Crippen molar-refractivity contribution >= 4 is 22.5 Å². The summed E-state index contributed by atoms with van der Waals surface area (Å²) in [6, 6.07) is 3.95. The molecule has 0 unspecified atom stereocenters. The number of unbranched alkanes of at least 4 members (excludes halogenated alkanes) is 1. The number of anilines is 1. The number of aromatic nitrogens is 4. The van der Waals surface area contributed by atoms with Gasteiger partial charge in [0, 0.05) is 12.6 Å². The van der Waals surface area contributed by atoms with Gasteiger partial charge in [0.2, 0.25) is 5.65 Å². The van der Waals surface area contributed by atoms with Gasteiger partial charge in [-0.1, -0.05) is 0 Å². The van der Waals surface area contributed by atoms with Crippen molar-refractivity contribution in [3.63, 3.8) is 0 Å². The number of ether oxygens (including phenoxy) is 1. The first-order valence-corrected chi connectivity index (χ1v) is 7.79. The molecule has 0 saturated heterocycles. The van der Waals surface area contributed by atoms with E-state index < -0.39 is 0 Å². The first-order valence-electron chi connectivity index (χ1n) is 7.79. The van der Waals surface area contributed by atoms with Crippen LogP contribution in [0.3, 0.4) is 0 Å². The van der Waals surface area contributed by atoms with E-state index in [1.54, 1.807) is 7.11 Å². The van der Waals surface area contributed by atoms with E-state index in [0.29, 0.717) is 6.54 Å². The molecule has 0 aliphatic carbocycles. The van der Waals surface area contributed by atoms with Crippen LogP contribution in [0.1, 0.15) is 24.2 Å². The normalized spacial score (nSPS) is 11.3. The molecular weight excluding hydrogens is 292 g/mol. The molecule has 2 heterocycles. The van der Waals surface area contributed by atoms with Gasteiger partial charge in [-0.3, -0.25) is 4.40 Å². The molecule has 1 aromatic carbocycles. The second kappa shape index (κ2) is 6.37. The molecule has 23 heavy (non-hydrogen) atoms. The number of methoxy groups -OCH3 is 1. The molecule has 0 spiro atoms. The lowest BCUT2D eigenvalue weighted by atomic mass is 10.2. The quantitative estimate of drug-likeness (QED) is 0.677. The van der Waals surface area contributed by atoms with Crippen molar-refractivity contribution in [1.29, 1.82) is 0 Å². The maximum atomic E-state index is 5.54. The van der Waals surface area contributed by atoms with E-state index in [1.165, 1.54) is 0 Å². The molecule has 0 bridgehead atoms. The average molecular weight is 314 g/mol. The summed E-state index contributed by atoms with van der Waals surface area (Å²) in [5.74, 6) is 2.38. The summed E-state index contributed by atoms with van der Waals surface area (Å²) in [6.07, 6.45) is 1.98. The number of benzene rings is 1. The Morgan fingerprint density at radius 3 is 2.78 bits per heavy atom. The molecule has 0 saturated carbocycles. The van der Waals surface area contributed by atoms with E-state index >= 15 is 0 Å². The van der Waals surface area contributed by atoms with Crippen molar-refractivity contribution in [3.05, 3.63) is 23.5 Å². The Morgan fingerprint density at radius 2 is 2.04 bits per heavy atom. The smallest absolute Gasteiger partial charge is 0.204 e. The number of nitrogens with two attached hydrogens (primary N) is 1. The predicted molar refractivity (Wildman–Crippen MR) is 91.1 cm³/mol. The first-order chi connectivity index (χ1) is 11.2. The first kappa shape index (κ1) is 15.5. The molecule has 3 N–H and O–H groups in total. The summed E-state index contributed by atoms with van der Waals surface area (Å²) in [6.45, 7) is 5.48. The molecule has 3 aromatic rings. The second-order valence-corrected chi connectivity index (χ2v) is 5.60. The number of nitrogens with one attached hydrogen (secondary N) is 1. The molecule has 3 rings (SSSR count). The van der Waals surface area contributed by atoms with Gasteiger partial charge in [-0.2, -0.15) is 0 Å². The van der Waals surface area contributed by atoms with Crippen molar-refractivity contribution in [2.24, 2.45) is 5.73 Å². The Morgan fingerprint density at radius 1 is 1.22 bits per heavy atom. The number of aryl methyl sites for hydroxylation is 2. The fourth-order valence-electron chi connectivity index (χ4n) is 2.72. The highest BCUT2D eigenvalue weighted by atomic mass is 16.5. The summed E-state index contributed by atoms with van der Waals surface area (Å²) >= 11 is 0. The zero-order valence-corrected chi connectivity index (χ0v) is 13.8. The van der Waals surface area contributed by atoms with Gasteiger partial charge >= 0.3 is 0 Å². The van der Waals surface area contributed by atoms with Gasteiger partial charge in [0.15, 0.2) is 5.82 Å².